The summed E-state index contributed by atoms with van der Waals surface area (Å²) in [5.74, 6) is -0.260. The molecule has 0 aliphatic rings. The number of amides is 1. The van der Waals surface area contributed by atoms with Crippen LogP contribution in [0.15, 0.2) is 97.1 Å². The number of Topliss-reactive ketones (excluding diaryl/α,β-unsaturated/α-hetero) is 1. The second-order valence-electron chi connectivity index (χ2n) is 8.55. The number of aromatic nitrogens is 2. The van der Waals surface area contributed by atoms with Crippen LogP contribution >= 0.6 is 0 Å². The topological polar surface area (TPSA) is 104 Å². The summed E-state index contributed by atoms with van der Waals surface area (Å²) in [6.07, 6.45) is 0. The number of carbonyl (C=O) groups excluding carboxylic acids is 2. The van der Waals surface area contributed by atoms with Crippen molar-refractivity contribution in [1.82, 2.24) is 9.97 Å². The van der Waals surface area contributed by atoms with E-state index in [1.807, 2.05) is 61.5 Å². The van der Waals surface area contributed by atoms with E-state index in [0.29, 0.717) is 22.8 Å². The first-order chi connectivity index (χ1) is 18.0. The molecule has 182 valence electrons. The normalized spacial score (nSPS) is 10.8. The molecule has 37 heavy (non-hydrogen) atoms. The number of aliphatic hydroxyl groups is 1. The molecule has 0 unspecified atom stereocenters. The molecule has 4 aromatic carbocycles. The van der Waals surface area contributed by atoms with E-state index in [0.717, 1.165) is 33.4 Å². The fraction of sp³-hybridized carbons (Fsp3) is 0.0667. The average molecular weight is 489 g/mol. The Balaban J connectivity index is 1.37. The number of nitrogens with one attached hydrogen (secondary N) is 2. The molecular formula is C30H24N4O3. The summed E-state index contributed by atoms with van der Waals surface area (Å²) in [6.45, 7) is 1.25. The number of hydrogen-bond acceptors (Lipinski definition) is 6. The number of aliphatic hydroxyl groups excluding tert-OH is 1. The van der Waals surface area contributed by atoms with E-state index in [9.17, 15) is 9.59 Å². The number of rotatable bonds is 7. The first-order valence-corrected chi connectivity index (χ1v) is 11.8. The van der Waals surface area contributed by atoms with Crippen LogP contribution < -0.4 is 10.6 Å². The predicted octanol–water partition coefficient (Wildman–Crippen LogP) is 5.78. The maximum atomic E-state index is 12.8. The maximum Gasteiger partial charge on any atom is 0.255 e. The minimum atomic E-state index is -0.585. The molecule has 0 bridgehead atoms. The number of aryl methyl sites for hydroxylation is 1. The van der Waals surface area contributed by atoms with Crippen LogP contribution in [0.25, 0.3) is 22.2 Å². The van der Waals surface area contributed by atoms with Crippen LogP contribution in [0, 0.1) is 6.92 Å². The van der Waals surface area contributed by atoms with Gasteiger partial charge in [-0.25, -0.2) is 9.97 Å². The molecule has 0 spiro atoms. The molecule has 1 amide bonds. The number of anilines is 3. The molecule has 0 saturated heterocycles. The Morgan fingerprint density at radius 1 is 0.811 bits per heavy atom. The predicted molar refractivity (Wildman–Crippen MR) is 145 cm³/mol. The molecule has 7 heteroatoms. The van der Waals surface area contributed by atoms with Gasteiger partial charge in [-0.3, -0.25) is 9.59 Å². The molecule has 3 N–H and O–H groups in total. The summed E-state index contributed by atoms with van der Waals surface area (Å²) >= 11 is 0. The van der Waals surface area contributed by atoms with Crippen LogP contribution in [-0.2, 0) is 0 Å². The summed E-state index contributed by atoms with van der Waals surface area (Å²) in [6, 6.07) is 29.7. The third kappa shape index (κ3) is 5.22. The van der Waals surface area contributed by atoms with Gasteiger partial charge in [0.05, 0.1) is 11.2 Å². The van der Waals surface area contributed by atoms with Crippen molar-refractivity contribution in [3.8, 4) is 11.3 Å². The molecule has 0 atom stereocenters. The van der Waals surface area contributed by atoms with Crippen molar-refractivity contribution in [3.05, 3.63) is 114 Å². The first kappa shape index (κ1) is 23.8. The Kier molecular flexibility index (Phi) is 6.70. The second-order valence-corrected chi connectivity index (χ2v) is 8.55. The summed E-state index contributed by atoms with van der Waals surface area (Å²) in [5, 5.41) is 16.2. The van der Waals surface area contributed by atoms with Crippen LogP contribution in [-0.4, -0.2) is 33.4 Å². The highest BCUT2D eigenvalue weighted by Gasteiger charge is 2.13. The van der Waals surface area contributed by atoms with Gasteiger partial charge in [0.2, 0.25) is 5.95 Å². The zero-order chi connectivity index (χ0) is 25.8. The second kappa shape index (κ2) is 10.4. The number of fused-ring (bicyclic) bond motifs is 1. The average Bonchev–Trinajstić information content (AvgIpc) is 2.94. The van der Waals surface area contributed by atoms with Crippen molar-refractivity contribution < 1.29 is 14.7 Å². The molecule has 1 heterocycles. The van der Waals surface area contributed by atoms with Crippen LogP contribution in [0.2, 0.25) is 0 Å². The lowest BCUT2D eigenvalue weighted by Gasteiger charge is -2.12. The summed E-state index contributed by atoms with van der Waals surface area (Å²) in [4.78, 5) is 34.1. The highest BCUT2D eigenvalue weighted by molar-refractivity contribution is 6.06. The minimum absolute atomic E-state index is 0.309. The van der Waals surface area contributed by atoms with E-state index < -0.39 is 12.4 Å². The monoisotopic (exact) mass is 488 g/mol. The van der Waals surface area contributed by atoms with E-state index in [4.69, 9.17) is 10.1 Å². The lowest BCUT2D eigenvalue weighted by molar-refractivity contribution is 0.0903. The number of para-hydroxylation sites is 1. The first-order valence-electron chi connectivity index (χ1n) is 11.8. The van der Waals surface area contributed by atoms with Crippen molar-refractivity contribution in [2.75, 3.05) is 17.2 Å². The Morgan fingerprint density at radius 3 is 2.27 bits per heavy atom. The third-order valence-corrected chi connectivity index (χ3v) is 6.01. The Hall–Kier alpha value is -4.88. The van der Waals surface area contributed by atoms with Gasteiger partial charge in [-0.2, -0.15) is 0 Å². The highest BCUT2D eigenvalue weighted by atomic mass is 16.3. The molecule has 0 fully saturated rings. The summed E-state index contributed by atoms with van der Waals surface area (Å²) in [7, 11) is 0. The van der Waals surface area contributed by atoms with E-state index in [2.05, 4.69) is 15.6 Å². The van der Waals surface area contributed by atoms with E-state index in [1.165, 1.54) is 0 Å². The van der Waals surface area contributed by atoms with Crippen LogP contribution in [0.4, 0.5) is 17.3 Å². The standard InChI is InChI=1S/C30H24N4O3/c1-19-11-12-22(27(36)18-35)17-26(19)32-29(37)21-13-15-23(16-14-21)31-30-33-25-10-6-5-9-24(25)28(34-30)20-7-3-2-4-8-20/h2-17,35H,18H2,1H3,(H,32,37)(H,31,33,34). The van der Waals surface area contributed by atoms with Crippen molar-refractivity contribution in [1.29, 1.82) is 0 Å². The van der Waals surface area contributed by atoms with Crippen LogP contribution in [0.3, 0.4) is 0 Å². The molecular weight excluding hydrogens is 464 g/mol. The zero-order valence-corrected chi connectivity index (χ0v) is 20.1. The molecule has 5 aromatic rings. The van der Waals surface area contributed by atoms with Crippen molar-refractivity contribution in [2.45, 2.75) is 6.92 Å². The Morgan fingerprint density at radius 2 is 1.51 bits per heavy atom. The van der Waals surface area contributed by atoms with E-state index in [-0.39, 0.29) is 5.91 Å². The van der Waals surface area contributed by atoms with Gasteiger partial charge in [-0.15, -0.1) is 0 Å². The van der Waals surface area contributed by atoms with E-state index in [1.54, 1.807) is 42.5 Å². The van der Waals surface area contributed by atoms with Gasteiger partial charge in [0.25, 0.3) is 5.91 Å². The Bertz CT molecular complexity index is 1600. The molecule has 0 aliphatic carbocycles. The lowest BCUT2D eigenvalue weighted by Crippen LogP contribution is -2.14. The molecule has 5 rings (SSSR count). The van der Waals surface area contributed by atoms with Gasteiger partial charge in [-0.1, -0.05) is 60.7 Å². The molecule has 1 aromatic heterocycles. The van der Waals surface area contributed by atoms with Crippen LogP contribution in [0.1, 0.15) is 26.3 Å². The van der Waals surface area contributed by atoms with Gasteiger partial charge in [0.1, 0.15) is 6.61 Å². The number of benzene rings is 4. The van der Waals surface area contributed by atoms with Crippen LogP contribution in [0.5, 0.6) is 0 Å². The smallest absolute Gasteiger partial charge is 0.255 e. The molecule has 0 radical (unpaired) electrons. The van der Waals surface area contributed by atoms with Gasteiger partial charge in [-0.05, 0) is 48.9 Å². The highest BCUT2D eigenvalue weighted by Crippen LogP contribution is 2.28. The number of nitrogens with zero attached hydrogens (tertiary/aromatic N) is 2. The van der Waals surface area contributed by atoms with Gasteiger partial charge < -0.3 is 15.7 Å². The molecule has 7 nitrogen and oxygen atoms in total. The fourth-order valence-corrected chi connectivity index (χ4v) is 4.00. The van der Waals surface area contributed by atoms with Gasteiger partial charge in [0.15, 0.2) is 5.78 Å². The maximum absolute atomic E-state index is 12.8. The number of hydrogen-bond donors (Lipinski definition) is 3. The fourth-order valence-electron chi connectivity index (χ4n) is 4.00. The lowest BCUT2D eigenvalue weighted by atomic mass is 10.1. The summed E-state index contributed by atoms with van der Waals surface area (Å²) in [5.41, 5.74) is 5.51. The number of ketones is 1. The number of carbonyl (C=O) groups is 2. The van der Waals surface area contributed by atoms with Gasteiger partial charge in [0, 0.05) is 33.5 Å². The minimum Gasteiger partial charge on any atom is -0.388 e. The van der Waals surface area contributed by atoms with Crippen molar-refractivity contribution in [2.24, 2.45) is 0 Å². The molecule has 0 aliphatic heterocycles. The summed E-state index contributed by atoms with van der Waals surface area (Å²) < 4.78 is 0. The van der Waals surface area contributed by atoms with Crippen molar-refractivity contribution in [3.63, 3.8) is 0 Å². The quantitative estimate of drug-likeness (QED) is 0.251. The molecule has 0 saturated carbocycles. The van der Waals surface area contributed by atoms with Gasteiger partial charge >= 0.3 is 0 Å². The largest absolute Gasteiger partial charge is 0.388 e. The SMILES string of the molecule is Cc1ccc(C(=O)CO)cc1NC(=O)c1ccc(Nc2nc(-c3ccccc3)c3ccccc3n2)cc1. The van der Waals surface area contributed by atoms with Crippen molar-refractivity contribution >= 4 is 39.9 Å². The van der Waals surface area contributed by atoms with E-state index >= 15 is 0 Å². The Labute approximate surface area is 213 Å². The third-order valence-electron chi connectivity index (χ3n) is 6.01. The zero-order valence-electron chi connectivity index (χ0n) is 20.1.